The van der Waals surface area contributed by atoms with Crippen molar-refractivity contribution in [3.8, 4) is 17.3 Å². The van der Waals surface area contributed by atoms with Crippen molar-refractivity contribution in [3.05, 3.63) is 31.0 Å². The van der Waals surface area contributed by atoms with Gasteiger partial charge in [0.05, 0.1) is 36.5 Å². The SMILES string of the molecule is CC1CC(CC#N)(n2cc(-c3ncnc4c3ccn4COCCS(C)(C)C)cn2)C1. The Morgan fingerprint density at radius 1 is 1.30 bits per heavy atom. The molecule has 3 aromatic heterocycles. The summed E-state index contributed by atoms with van der Waals surface area (Å²) in [6.45, 7) is 3.46. The van der Waals surface area contributed by atoms with Crippen molar-refractivity contribution in [3.63, 3.8) is 0 Å². The third kappa shape index (κ3) is 4.09. The molecule has 0 atom stereocenters. The first-order valence-corrected chi connectivity index (χ1v) is 13.3. The summed E-state index contributed by atoms with van der Waals surface area (Å²) >= 11 is 0. The lowest BCUT2D eigenvalue weighted by molar-refractivity contribution is 0.0682. The average Bonchev–Trinajstić information content (AvgIpc) is 3.31. The molecule has 3 heterocycles. The van der Waals surface area contributed by atoms with Crippen molar-refractivity contribution in [1.82, 2.24) is 24.3 Å². The van der Waals surface area contributed by atoms with Gasteiger partial charge in [-0.1, -0.05) is 6.92 Å². The summed E-state index contributed by atoms with van der Waals surface area (Å²) in [5.41, 5.74) is 2.51. The van der Waals surface area contributed by atoms with Crippen LogP contribution in [0.25, 0.3) is 22.3 Å². The lowest BCUT2D eigenvalue weighted by Gasteiger charge is -2.45. The second-order valence-corrected chi connectivity index (χ2v) is 13.9. The van der Waals surface area contributed by atoms with Gasteiger partial charge in [0.15, 0.2) is 0 Å². The summed E-state index contributed by atoms with van der Waals surface area (Å²) in [7, 11) is -0.555. The molecule has 1 saturated carbocycles. The van der Waals surface area contributed by atoms with Crippen LogP contribution in [-0.4, -0.2) is 55.4 Å². The number of rotatable bonds is 8. The first kappa shape index (κ1) is 20.9. The van der Waals surface area contributed by atoms with Crippen LogP contribution in [0.1, 0.15) is 26.2 Å². The first-order valence-electron chi connectivity index (χ1n) is 10.3. The highest BCUT2D eigenvalue weighted by Crippen LogP contribution is 2.46. The van der Waals surface area contributed by atoms with Crippen molar-refractivity contribution in [2.75, 3.05) is 31.1 Å². The molecule has 0 bridgehead atoms. The topological polar surface area (TPSA) is 81.5 Å². The van der Waals surface area contributed by atoms with Gasteiger partial charge in [-0.05, 0) is 43.6 Å². The molecule has 4 rings (SSSR count). The summed E-state index contributed by atoms with van der Waals surface area (Å²) < 4.78 is 9.89. The first-order chi connectivity index (χ1) is 14.3. The van der Waals surface area contributed by atoms with Gasteiger partial charge in [0.2, 0.25) is 0 Å². The molecule has 0 saturated heterocycles. The molecule has 7 nitrogen and oxygen atoms in total. The van der Waals surface area contributed by atoms with Gasteiger partial charge >= 0.3 is 0 Å². The number of nitrogens with zero attached hydrogens (tertiary/aromatic N) is 6. The number of nitriles is 1. The van der Waals surface area contributed by atoms with Crippen LogP contribution in [0.2, 0.25) is 0 Å². The molecule has 3 aromatic rings. The zero-order valence-corrected chi connectivity index (χ0v) is 19.0. The fourth-order valence-corrected chi connectivity index (χ4v) is 4.93. The van der Waals surface area contributed by atoms with E-state index in [4.69, 9.17) is 4.74 Å². The fourth-order valence-electron chi connectivity index (χ4n) is 4.31. The normalized spacial score (nSPS) is 22.0. The molecule has 0 radical (unpaired) electrons. The van der Waals surface area contributed by atoms with Gasteiger partial charge in [0, 0.05) is 29.1 Å². The van der Waals surface area contributed by atoms with E-state index < -0.39 is 10.0 Å². The molecule has 0 aliphatic heterocycles. The third-order valence-corrected chi connectivity index (χ3v) is 7.22. The number of hydrogen-bond acceptors (Lipinski definition) is 5. The van der Waals surface area contributed by atoms with Crippen LogP contribution in [0.4, 0.5) is 0 Å². The smallest absolute Gasteiger partial charge is 0.145 e. The molecular weight excluding hydrogens is 396 g/mol. The van der Waals surface area contributed by atoms with Gasteiger partial charge in [-0.2, -0.15) is 10.4 Å². The van der Waals surface area contributed by atoms with Crippen LogP contribution in [0, 0.1) is 17.2 Å². The summed E-state index contributed by atoms with van der Waals surface area (Å²) in [5, 5.41) is 14.9. The molecule has 1 aliphatic rings. The average molecular weight is 427 g/mol. The second-order valence-electron chi connectivity index (χ2n) is 9.32. The van der Waals surface area contributed by atoms with E-state index in [1.807, 2.05) is 33.9 Å². The summed E-state index contributed by atoms with van der Waals surface area (Å²) in [6.07, 6.45) is 16.8. The maximum atomic E-state index is 9.29. The zero-order chi connectivity index (χ0) is 21.4. The van der Waals surface area contributed by atoms with Crippen molar-refractivity contribution in [2.24, 2.45) is 5.92 Å². The van der Waals surface area contributed by atoms with Gasteiger partial charge in [0.25, 0.3) is 0 Å². The minimum atomic E-state index is -0.555. The van der Waals surface area contributed by atoms with E-state index in [2.05, 4.69) is 46.8 Å². The molecule has 0 unspecified atom stereocenters. The van der Waals surface area contributed by atoms with E-state index in [1.165, 1.54) is 0 Å². The maximum Gasteiger partial charge on any atom is 0.145 e. The molecule has 8 heteroatoms. The Hall–Kier alpha value is -2.37. The molecule has 1 fully saturated rings. The molecule has 0 N–H and O–H groups in total. The van der Waals surface area contributed by atoms with Crippen LogP contribution >= 0.6 is 10.0 Å². The van der Waals surface area contributed by atoms with Crippen LogP contribution < -0.4 is 0 Å². The van der Waals surface area contributed by atoms with Gasteiger partial charge in [0.1, 0.15) is 18.7 Å². The van der Waals surface area contributed by atoms with Crippen molar-refractivity contribution < 1.29 is 4.74 Å². The van der Waals surface area contributed by atoms with Gasteiger partial charge in [-0.25, -0.2) is 20.0 Å². The highest BCUT2D eigenvalue weighted by molar-refractivity contribution is 8.32. The predicted octanol–water partition coefficient (Wildman–Crippen LogP) is 4.00. The monoisotopic (exact) mass is 426 g/mol. The molecule has 1 aliphatic carbocycles. The number of hydrogen-bond donors (Lipinski definition) is 0. The lowest BCUT2D eigenvalue weighted by Crippen LogP contribution is -2.45. The molecule has 0 aromatic carbocycles. The van der Waals surface area contributed by atoms with Gasteiger partial charge < -0.3 is 9.30 Å². The fraction of sp³-hybridized carbons (Fsp3) is 0.545. The molecule has 30 heavy (non-hydrogen) atoms. The summed E-state index contributed by atoms with van der Waals surface area (Å²) in [5.74, 6) is 1.72. The van der Waals surface area contributed by atoms with Gasteiger partial charge in [-0.3, -0.25) is 4.68 Å². The Morgan fingerprint density at radius 2 is 2.10 bits per heavy atom. The Balaban J connectivity index is 1.55. The van der Waals surface area contributed by atoms with E-state index in [-0.39, 0.29) is 5.54 Å². The Labute approximate surface area is 179 Å². The largest absolute Gasteiger partial charge is 0.360 e. The quantitative estimate of drug-likeness (QED) is 0.509. The number of ether oxygens (including phenoxy) is 1. The molecule has 0 spiro atoms. The van der Waals surface area contributed by atoms with E-state index in [0.29, 0.717) is 19.1 Å². The standard InChI is InChI=1S/C22H30N6OS/c1-17-11-22(12-17,6-7-23)28-14-18(13-26-28)20-19-5-8-27(21(19)25-15-24-20)16-29-9-10-30(2,3)4/h5,8,13-15,17H,6,9-12,16H2,1-4H3. The van der Waals surface area contributed by atoms with Crippen LogP contribution in [0.15, 0.2) is 31.0 Å². The van der Waals surface area contributed by atoms with Crippen molar-refractivity contribution in [2.45, 2.75) is 38.5 Å². The summed E-state index contributed by atoms with van der Waals surface area (Å²) in [4.78, 5) is 9.02. The highest BCUT2D eigenvalue weighted by Gasteiger charge is 2.44. The van der Waals surface area contributed by atoms with Crippen LogP contribution in [0.5, 0.6) is 0 Å². The third-order valence-electron chi connectivity index (χ3n) is 5.83. The number of aromatic nitrogens is 5. The van der Waals surface area contributed by atoms with E-state index in [1.54, 1.807) is 6.33 Å². The highest BCUT2D eigenvalue weighted by atomic mass is 32.3. The van der Waals surface area contributed by atoms with Crippen LogP contribution in [0.3, 0.4) is 0 Å². The Morgan fingerprint density at radius 3 is 2.80 bits per heavy atom. The van der Waals surface area contributed by atoms with Crippen molar-refractivity contribution >= 4 is 21.1 Å². The van der Waals surface area contributed by atoms with E-state index in [0.717, 1.165) is 47.5 Å². The predicted molar refractivity (Wildman–Crippen MR) is 122 cm³/mol. The Kier molecular flexibility index (Phi) is 5.60. The Bertz CT molecular complexity index is 1070. The zero-order valence-electron chi connectivity index (χ0n) is 18.2. The molecular formula is C22H30N6OS. The molecule has 160 valence electrons. The molecule has 0 amide bonds. The maximum absolute atomic E-state index is 9.29. The second kappa shape index (κ2) is 8.05. The summed E-state index contributed by atoms with van der Waals surface area (Å²) in [6, 6.07) is 4.38. The van der Waals surface area contributed by atoms with Gasteiger partial charge in [-0.15, -0.1) is 0 Å². The lowest BCUT2D eigenvalue weighted by atomic mass is 9.67. The van der Waals surface area contributed by atoms with E-state index in [9.17, 15) is 5.26 Å². The van der Waals surface area contributed by atoms with E-state index >= 15 is 0 Å². The van der Waals surface area contributed by atoms with Crippen LogP contribution in [-0.2, 0) is 17.0 Å². The van der Waals surface area contributed by atoms with Crippen molar-refractivity contribution in [1.29, 1.82) is 5.26 Å². The minimum Gasteiger partial charge on any atom is -0.360 e. The number of fused-ring (bicyclic) bond motifs is 1. The minimum absolute atomic E-state index is 0.173.